The Kier molecular flexibility index (Phi) is 7.88. The lowest BCUT2D eigenvalue weighted by Gasteiger charge is -2.23. The predicted molar refractivity (Wildman–Crippen MR) is 137 cm³/mol. The maximum atomic E-state index is 10.7. The van der Waals surface area contributed by atoms with Crippen molar-refractivity contribution in [1.82, 2.24) is 20.3 Å². The molecule has 34 heavy (non-hydrogen) atoms. The minimum absolute atomic E-state index is 0. The van der Waals surface area contributed by atoms with Gasteiger partial charge in [0.05, 0.1) is 36.6 Å². The quantitative estimate of drug-likeness (QED) is 0.306. The van der Waals surface area contributed by atoms with E-state index in [0.717, 1.165) is 73.0 Å². The second-order valence-electron chi connectivity index (χ2n) is 8.60. The third kappa shape index (κ3) is 5.12. The molecule has 7 nitrogen and oxygen atoms in total. The molecule has 1 fully saturated rings. The molecule has 2 aromatic carbocycles. The lowest BCUT2D eigenvalue weighted by Crippen LogP contribution is -2.41. The summed E-state index contributed by atoms with van der Waals surface area (Å²) in [6, 6.07) is 12.6. The fourth-order valence-corrected chi connectivity index (χ4v) is 4.57. The number of morpholine rings is 1. The SMILES string of the molecule is CCCc1ccc2c(-c3ncnc4cc(OCCCC5COCCN5)ccc34)c(O)[nH]c2c1.Cl. The first-order valence-electron chi connectivity index (χ1n) is 11.8. The van der Waals surface area contributed by atoms with Gasteiger partial charge < -0.3 is 24.9 Å². The van der Waals surface area contributed by atoms with Crippen LogP contribution in [-0.4, -0.2) is 52.5 Å². The van der Waals surface area contributed by atoms with Crippen LogP contribution in [0.5, 0.6) is 11.6 Å². The number of benzene rings is 2. The van der Waals surface area contributed by atoms with Crippen molar-refractivity contribution in [3.05, 3.63) is 48.3 Å². The van der Waals surface area contributed by atoms with Crippen molar-refractivity contribution in [2.45, 2.75) is 38.6 Å². The number of nitrogens with zero attached hydrogens (tertiary/aromatic N) is 2. The summed E-state index contributed by atoms with van der Waals surface area (Å²) in [7, 11) is 0. The van der Waals surface area contributed by atoms with E-state index in [1.807, 2.05) is 18.2 Å². The molecule has 180 valence electrons. The molecule has 0 bridgehead atoms. The van der Waals surface area contributed by atoms with Crippen LogP contribution in [-0.2, 0) is 11.2 Å². The molecule has 8 heteroatoms. The van der Waals surface area contributed by atoms with Gasteiger partial charge in [-0.15, -0.1) is 12.4 Å². The van der Waals surface area contributed by atoms with E-state index in [4.69, 9.17) is 9.47 Å². The van der Waals surface area contributed by atoms with E-state index in [2.05, 4.69) is 45.4 Å². The molecule has 5 rings (SSSR count). The van der Waals surface area contributed by atoms with Crippen LogP contribution in [0.4, 0.5) is 0 Å². The van der Waals surface area contributed by atoms with Crippen molar-refractivity contribution >= 4 is 34.2 Å². The number of rotatable bonds is 8. The normalized spacial score (nSPS) is 16.0. The zero-order valence-electron chi connectivity index (χ0n) is 19.3. The van der Waals surface area contributed by atoms with Gasteiger partial charge >= 0.3 is 0 Å². The van der Waals surface area contributed by atoms with E-state index < -0.39 is 0 Å². The van der Waals surface area contributed by atoms with Gasteiger partial charge in [0.2, 0.25) is 0 Å². The monoisotopic (exact) mass is 482 g/mol. The van der Waals surface area contributed by atoms with Gasteiger partial charge in [0.25, 0.3) is 0 Å². The van der Waals surface area contributed by atoms with Gasteiger partial charge in [0, 0.05) is 34.9 Å². The first-order chi connectivity index (χ1) is 16.2. The van der Waals surface area contributed by atoms with Crippen molar-refractivity contribution in [2.24, 2.45) is 0 Å². The number of ether oxygens (including phenoxy) is 2. The number of nitrogens with one attached hydrogen (secondary N) is 2. The van der Waals surface area contributed by atoms with Gasteiger partial charge in [0.15, 0.2) is 5.88 Å². The van der Waals surface area contributed by atoms with Crippen molar-refractivity contribution in [1.29, 1.82) is 0 Å². The Hall–Kier alpha value is -2.87. The predicted octanol–water partition coefficient (Wildman–Crippen LogP) is 5.01. The summed E-state index contributed by atoms with van der Waals surface area (Å²) in [5, 5.41) is 16.0. The Morgan fingerprint density at radius 1 is 1.15 bits per heavy atom. The summed E-state index contributed by atoms with van der Waals surface area (Å²) in [6.45, 7) is 5.30. The van der Waals surface area contributed by atoms with Crippen LogP contribution in [0.3, 0.4) is 0 Å². The summed E-state index contributed by atoms with van der Waals surface area (Å²) >= 11 is 0. The maximum Gasteiger partial charge on any atom is 0.199 e. The van der Waals surface area contributed by atoms with E-state index >= 15 is 0 Å². The topological polar surface area (TPSA) is 92.3 Å². The molecule has 3 N–H and O–H groups in total. The largest absolute Gasteiger partial charge is 0.494 e. The molecule has 0 radical (unpaired) electrons. The molecule has 1 atom stereocenters. The molecule has 2 aromatic heterocycles. The van der Waals surface area contributed by atoms with Crippen LogP contribution in [0.2, 0.25) is 0 Å². The third-order valence-corrected chi connectivity index (χ3v) is 6.19. The number of aromatic hydroxyl groups is 1. The first kappa shape index (κ1) is 24.3. The standard InChI is InChI=1S/C26H30N4O3.ClH/c1-2-4-17-6-8-20-23(13-17)30-26(31)24(20)25-21-9-7-19(14-22(21)28-16-29-25)33-11-3-5-18-15-32-12-10-27-18;/h6-9,13-14,16,18,27,30-31H,2-5,10-12,15H2,1H3;1H. The van der Waals surface area contributed by atoms with Crippen molar-refractivity contribution in [3.63, 3.8) is 0 Å². The number of fused-ring (bicyclic) bond motifs is 2. The van der Waals surface area contributed by atoms with Crippen LogP contribution in [0.25, 0.3) is 33.1 Å². The highest BCUT2D eigenvalue weighted by atomic mass is 35.5. The second-order valence-corrected chi connectivity index (χ2v) is 8.60. The first-order valence-corrected chi connectivity index (χ1v) is 11.8. The smallest absolute Gasteiger partial charge is 0.199 e. The van der Waals surface area contributed by atoms with Crippen LogP contribution in [0, 0.1) is 0 Å². The van der Waals surface area contributed by atoms with Gasteiger partial charge in [-0.2, -0.15) is 0 Å². The van der Waals surface area contributed by atoms with Crippen LogP contribution in [0.15, 0.2) is 42.7 Å². The number of H-pyrrole nitrogens is 1. The van der Waals surface area contributed by atoms with E-state index in [9.17, 15) is 5.11 Å². The zero-order chi connectivity index (χ0) is 22.6. The van der Waals surface area contributed by atoms with Gasteiger partial charge in [-0.05, 0) is 43.0 Å². The van der Waals surface area contributed by atoms with Crippen molar-refractivity contribution in [2.75, 3.05) is 26.4 Å². The number of hydrogen-bond donors (Lipinski definition) is 3. The highest BCUT2D eigenvalue weighted by Crippen LogP contribution is 2.39. The van der Waals surface area contributed by atoms with E-state index in [1.165, 1.54) is 5.56 Å². The number of aromatic amines is 1. The van der Waals surface area contributed by atoms with Gasteiger partial charge in [0.1, 0.15) is 12.1 Å². The number of halogens is 1. The highest BCUT2D eigenvalue weighted by molar-refractivity contribution is 6.05. The van der Waals surface area contributed by atoms with E-state index in [0.29, 0.717) is 23.9 Å². The van der Waals surface area contributed by atoms with Crippen molar-refractivity contribution < 1.29 is 14.6 Å². The Morgan fingerprint density at radius 3 is 2.85 bits per heavy atom. The Balaban J connectivity index is 0.00000274. The average molecular weight is 483 g/mol. The lowest BCUT2D eigenvalue weighted by molar-refractivity contribution is 0.0722. The third-order valence-electron chi connectivity index (χ3n) is 6.19. The molecule has 1 saturated heterocycles. The van der Waals surface area contributed by atoms with Gasteiger partial charge in [-0.1, -0.05) is 25.5 Å². The van der Waals surface area contributed by atoms with Gasteiger partial charge in [-0.3, -0.25) is 0 Å². The molecule has 1 unspecified atom stereocenters. The highest BCUT2D eigenvalue weighted by Gasteiger charge is 2.18. The molecule has 0 spiro atoms. The Labute approximate surface area is 205 Å². The molecule has 3 heterocycles. The van der Waals surface area contributed by atoms with Gasteiger partial charge in [-0.25, -0.2) is 9.97 Å². The summed E-state index contributed by atoms with van der Waals surface area (Å²) in [4.78, 5) is 12.1. The molecule has 1 aliphatic heterocycles. The molecule has 1 aliphatic rings. The molecular weight excluding hydrogens is 452 g/mol. The molecule has 0 amide bonds. The fraction of sp³-hybridized carbons (Fsp3) is 0.385. The summed E-state index contributed by atoms with van der Waals surface area (Å²) in [5.74, 6) is 0.909. The minimum atomic E-state index is 0. The van der Waals surface area contributed by atoms with Crippen LogP contribution < -0.4 is 10.1 Å². The fourth-order valence-electron chi connectivity index (χ4n) is 4.57. The number of hydrogen-bond acceptors (Lipinski definition) is 6. The Bertz CT molecular complexity index is 1250. The van der Waals surface area contributed by atoms with E-state index in [1.54, 1.807) is 6.33 Å². The maximum absolute atomic E-state index is 10.7. The zero-order valence-corrected chi connectivity index (χ0v) is 20.2. The molecule has 0 saturated carbocycles. The number of aromatic nitrogens is 3. The number of aryl methyl sites for hydroxylation is 1. The minimum Gasteiger partial charge on any atom is -0.494 e. The van der Waals surface area contributed by atoms with Crippen LogP contribution >= 0.6 is 12.4 Å². The summed E-state index contributed by atoms with van der Waals surface area (Å²) < 4.78 is 11.5. The van der Waals surface area contributed by atoms with Crippen LogP contribution in [0.1, 0.15) is 31.7 Å². The summed E-state index contributed by atoms with van der Waals surface area (Å²) in [6.07, 6.45) is 5.62. The molecule has 4 aromatic rings. The summed E-state index contributed by atoms with van der Waals surface area (Å²) in [5.41, 5.74) is 4.37. The molecule has 0 aliphatic carbocycles. The van der Waals surface area contributed by atoms with Crippen molar-refractivity contribution in [3.8, 4) is 22.9 Å². The average Bonchev–Trinajstić information content (AvgIpc) is 3.17. The lowest BCUT2D eigenvalue weighted by atomic mass is 10.0. The Morgan fingerprint density at radius 2 is 2.03 bits per heavy atom. The second kappa shape index (κ2) is 11.0. The molecular formula is C26H31ClN4O3. The van der Waals surface area contributed by atoms with E-state index in [-0.39, 0.29) is 18.3 Å².